The van der Waals surface area contributed by atoms with Crippen LogP contribution in [0.25, 0.3) is 0 Å². The highest BCUT2D eigenvalue weighted by Crippen LogP contribution is 2.25. The smallest absolute Gasteiger partial charge is 0.228 e. The molecule has 19 heavy (non-hydrogen) atoms. The number of hydrogen-bond donors (Lipinski definition) is 2. The molecule has 1 aromatic rings. The molecule has 0 bridgehead atoms. The Morgan fingerprint density at radius 1 is 1.26 bits per heavy atom. The number of aryl methyl sites for hydroxylation is 2. The Hall–Kier alpha value is -1.35. The molecule has 0 saturated carbocycles. The summed E-state index contributed by atoms with van der Waals surface area (Å²) in [5.74, 6) is 0.279. The van der Waals surface area contributed by atoms with E-state index in [2.05, 4.69) is 29.7 Å². The van der Waals surface area contributed by atoms with Gasteiger partial charge in [-0.3, -0.25) is 4.79 Å². The molecule has 3 nitrogen and oxygen atoms in total. The first kappa shape index (κ1) is 12.7. The van der Waals surface area contributed by atoms with Crippen LogP contribution in [0.3, 0.4) is 0 Å². The van der Waals surface area contributed by atoms with Crippen molar-refractivity contribution in [2.75, 3.05) is 11.9 Å². The van der Waals surface area contributed by atoms with Crippen molar-refractivity contribution in [2.45, 2.75) is 45.1 Å². The third kappa shape index (κ3) is 2.81. The predicted octanol–water partition coefficient (Wildman–Crippen LogP) is 2.50. The molecular weight excluding hydrogens is 236 g/mol. The lowest BCUT2D eigenvalue weighted by atomic mass is 9.94. The van der Waals surface area contributed by atoms with Crippen molar-refractivity contribution in [1.29, 1.82) is 0 Å². The zero-order valence-electron chi connectivity index (χ0n) is 11.5. The number of fused-ring (bicyclic) bond motifs is 1. The molecule has 1 heterocycles. The molecule has 1 fully saturated rings. The molecule has 0 radical (unpaired) electrons. The Bertz CT molecular complexity index is 476. The molecule has 2 aliphatic rings. The van der Waals surface area contributed by atoms with Gasteiger partial charge in [-0.15, -0.1) is 0 Å². The van der Waals surface area contributed by atoms with Crippen LogP contribution in [0.1, 0.15) is 37.3 Å². The number of piperidine rings is 1. The predicted molar refractivity (Wildman–Crippen MR) is 77.3 cm³/mol. The van der Waals surface area contributed by atoms with Crippen molar-refractivity contribution < 1.29 is 4.79 Å². The van der Waals surface area contributed by atoms with Gasteiger partial charge in [0.15, 0.2) is 0 Å². The van der Waals surface area contributed by atoms with Gasteiger partial charge in [0.1, 0.15) is 0 Å². The second kappa shape index (κ2) is 5.33. The van der Waals surface area contributed by atoms with Gasteiger partial charge in [-0.2, -0.15) is 0 Å². The van der Waals surface area contributed by atoms with Gasteiger partial charge in [-0.1, -0.05) is 6.07 Å². The quantitative estimate of drug-likeness (QED) is 0.855. The molecule has 0 spiro atoms. The van der Waals surface area contributed by atoms with E-state index in [9.17, 15) is 4.79 Å². The van der Waals surface area contributed by atoms with Gasteiger partial charge in [0.05, 0.1) is 5.92 Å². The van der Waals surface area contributed by atoms with Crippen LogP contribution in [0.2, 0.25) is 0 Å². The number of nitrogens with one attached hydrogen (secondary N) is 2. The Kier molecular flexibility index (Phi) is 3.56. The highest BCUT2D eigenvalue weighted by atomic mass is 16.1. The summed E-state index contributed by atoms with van der Waals surface area (Å²) in [7, 11) is 0. The van der Waals surface area contributed by atoms with Crippen LogP contribution < -0.4 is 10.6 Å². The van der Waals surface area contributed by atoms with E-state index in [4.69, 9.17) is 0 Å². The van der Waals surface area contributed by atoms with Crippen molar-refractivity contribution >= 4 is 11.6 Å². The lowest BCUT2D eigenvalue weighted by Crippen LogP contribution is -2.41. The van der Waals surface area contributed by atoms with E-state index >= 15 is 0 Å². The number of rotatable bonds is 2. The van der Waals surface area contributed by atoms with Crippen LogP contribution in [0, 0.1) is 5.92 Å². The van der Waals surface area contributed by atoms with Crippen LogP contribution in [-0.4, -0.2) is 18.5 Å². The van der Waals surface area contributed by atoms with E-state index in [0.29, 0.717) is 6.04 Å². The second-order valence-corrected chi connectivity index (χ2v) is 5.91. The van der Waals surface area contributed by atoms with Crippen LogP contribution in [0.4, 0.5) is 5.69 Å². The first-order chi connectivity index (χ1) is 9.22. The minimum Gasteiger partial charge on any atom is -0.326 e. The first-order valence-electron chi connectivity index (χ1n) is 7.38. The van der Waals surface area contributed by atoms with Gasteiger partial charge >= 0.3 is 0 Å². The molecular formula is C16H22N2O. The topological polar surface area (TPSA) is 41.1 Å². The minimum atomic E-state index is 0.115. The molecule has 1 aromatic carbocycles. The minimum absolute atomic E-state index is 0.115. The molecule has 1 saturated heterocycles. The molecule has 3 heteroatoms. The van der Waals surface area contributed by atoms with E-state index in [1.165, 1.54) is 24.0 Å². The second-order valence-electron chi connectivity index (χ2n) is 5.91. The summed E-state index contributed by atoms with van der Waals surface area (Å²) in [6, 6.07) is 6.91. The van der Waals surface area contributed by atoms with E-state index in [0.717, 1.165) is 31.5 Å². The summed E-state index contributed by atoms with van der Waals surface area (Å²) in [6.45, 7) is 2.98. The monoisotopic (exact) mass is 258 g/mol. The summed E-state index contributed by atoms with van der Waals surface area (Å²) in [6.07, 6.45) is 5.67. The van der Waals surface area contributed by atoms with Crippen LogP contribution in [-0.2, 0) is 17.6 Å². The number of hydrogen-bond acceptors (Lipinski definition) is 2. The molecule has 2 N–H and O–H groups in total. The third-order valence-electron chi connectivity index (χ3n) is 4.40. The van der Waals surface area contributed by atoms with Gasteiger partial charge in [0, 0.05) is 18.3 Å². The normalized spacial score (nSPS) is 25.9. The zero-order valence-corrected chi connectivity index (χ0v) is 11.5. The van der Waals surface area contributed by atoms with Gasteiger partial charge in [0.2, 0.25) is 5.91 Å². The number of amides is 1. The van der Waals surface area contributed by atoms with Crippen molar-refractivity contribution in [1.82, 2.24) is 5.32 Å². The van der Waals surface area contributed by atoms with Crippen molar-refractivity contribution in [3.63, 3.8) is 0 Å². The van der Waals surface area contributed by atoms with Gasteiger partial charge < -0.3 is 10.6 Å². The zero-order chi connectivity index (χ0) is 13.2. The lowest BCUT2D eigenvalue weighted by Gasteiger charge is -2.26. The molecule has 2 atom stereocenters. The standard InChI is InChI=1S/C16H22N2O/c1-11-5-6-14(10-17-11)16(19)18-15-8-7-12-3-2-4-13(12)9-15/h7-9,11,14,17H,2-6,10H2,1H3,(H,18,19). The van der Waals surface area contributed by atoms with E-state index in [1.807, 2.05) is 6.07 Å². The fraction of sp³-hybridized carbons (Fsp3) is 0.562. The molecule has 0 aromatic heterocycles. The van der Waals surface area contributed by atoms with Crippen molar-refractivity contribution in [3.8, 4) is 0 Å². The summed E-state index contributed by atoms with van der Waals surface area (Å²) in [4.78, 5) is 12.2. The average molecular weight is 258 g/mol. The van der Waals surface area contributed by atoms with Crippen LogP contribution in [0.5, 0.6) is 0 Å². The summed E-state index contributed by atoms with van der Waals surface area (Å²) in [5, 5.41) is 6.46. The molecule has 2 unspecified atom stereocenters. The summed E-state index contributed by atoms with van der Waals surface area (Å²) < 4.78 is 0. The van der Waals surface area contributed by atoms with Gasteiger partial charge in [-0.05, 0) is 62.3 Å². The Labute approximate surface area is 114 Å². The molecule has 1 aliphatic heterocycles. The third-order valence-corrected chi connectivity index (χ3v) is 4.40. The SMILES string of the molecule is CC1CCC(C(=O)Nc2ccc3c(c2)CCC3)CN1. The fourth-order valence-electron chi connectivity index (χ4n) is 3.12. The Morgan fingerprint density at radius 2 is 2.11 bits per heavy atom. The maximum atomic E-state index is 12.2. The lowest BCUT2D eigenvalue weighted by molar-refractivity contribution is -0.120. The maximum Gasteiger partial charge on any atom is 0.228 e. The number of anilines is 1. The fourth-order valence-corrected chi connectivity index (χ4v) is 3.12. The number of carbonyl (C=O) groups is 1. The van der Waals surface area contributed by atoms with Gasteiger partial charge in [-0.25, -0.2) is 0 Å². The molecule has 3 rings (SSSR count). The van der Waals surface area contributed by atoms with Crippen LogP contribution >= 0.6 is 0 Å². The van der Waals surface area contributed by atoms with E-state index in [1.54, 1.807) is 0 Å². The van der Waals surface area contributed by atoms with Crippen LogP contribution in [0.15, 0.2) is 18.2 Å². The molecule has 1 amide bonds. The summed E-state index contributed by atoms with van der Waals surface area (Å²) >= 11 is 0. The Morgan fingerprint density at radius 3 is 2.89 bits per heavy atom. The van der Waals surface area contributed by atoms with Gasteiger partial charge in [0.25, 0.3) is 0 Å². The number of carbonyl (C=O) groups excluding carboxylic acids is 1. The highest BCUT2D eigenvalue weighted by Gasteiger charge is 2.24. The Balaban J connectivity index is 1.63. The van der Waals surface area contributed by atoms with Crippen molar-refractivity contribution in [3.05, 3.63) is 29.3 Å². The molecule has 1 aliphatic carbocycles. The summed E-state index contributed by atoms with van der Waals surface area (Å²) in [5.41, 5.74) is 3.82. The highest BCUT2D eigenvalue weighted by molar-refractivity contribution is 5.92. The first-order valence-corrected chi connectivity index (χ1v) is 7.38. The largest absolute Gasteiger partial charge is 0.326 e. The van der Waals surface area contributed by atoms with E-state index < -0.39 is 0 Å². The van der Waals surface area contributed by atoms with E-state index in [-0.39, 0.29) is 11.8 Å². The average Bonchev–Trinajstić information content (AvgIpc) is 2.87. The number of benzene rings is 1. The van der Waals surface area contributed by atoms with Crippen molar-refractivity contribution in [2.24, 2.45) is 5.92 Å². The molecule has 102 valence electrons. The maximum absolute atomic E-state index is 12.2.